The number of piperazine rings is 1. The number of amidine groups is 1. The highest BCUT2D eigenvalue weighted by molar-refractivity contribution is 6.03. The van der Waals surface area contributed by atoms with Crippen LogP contribution in [0.1, 0.15) is 23.9 Å². The van der Waals surface area contributed by atoms with Crippen LogP contribution in [0.4, 0.5) is 5.69 Å². The van der Waals surface area contributed by atoms with Gasteiger partial charge in [0.05, 0.1) is 16.9 Å². The second-order valence-electron chi connectivity index (χ2n) is 5.50. The number of pyridine rings is 1. The summed E-state index contributed by atoms with van der Waals surface area (Å²) in [5, 5.41) is 12.2. The number of oxime groups is 1. The van der Waals surface area contributed by atoms with Gasteiger partial charge in [-0.15, -0.1) is 0 Å². The molecule has 0 bridgehead atoms. The molecular formula is C14H23N5O. The summed E-state index contributed by atoms with van der Waals surface area (Å²) < 4.78 is 0. The van der Waals surface area contributed by atoms with E-state index in [-0.39, 0.29) is 5.84 Å². The van der Waals surface area contributed by atoms with E-state index in [1.165, 1.54) is 0 Å². The van der Waals surface area contributed by atoms with Crippen LogP contribution in [0.25, 0.3) is 0 Å². The molecule has 6 heteroatoms. The molecule has 0 radical (unpaired) electrons. The number of aromatic nitrogens is 1. The Labute approximate surface area is 119 Å². The van der Waals surface area contributed by atoms with E-state index in [2.05, 4.69) is 33.9 Å². The Balaban J connectivity index is 2.45. The van der Waals surface area contributed by atoms with E-state index in [1.807, 2.05) is 19.9 Å². The van der Waals surface area contributed by atoms with Crippen LogP contribution >= 0.6 is 0 Å². The summed E-state index contributed by atoms with van der Waals surface area (Å²) in [6, 6.07) is 2.48. The van der Waals surface area contributed by atoms with E-state index in [4.69, 9.17) is 10.9 Å². The molecule has 1 atom stereocenters. The number of anilines is 1. The highest BCUT2D eigenvalue weighted by atomic mass is 16.4. The zero-order chi connectivity index (χ0) is 14.9. The van der Waals surface area contributed by atoms with E-state index in [0.717, 1.165) is 42.3 Å². The van der Waals surface area contributed by atoms with Crippen LogP contribution in [0, 0.1) is 13.8 Å². The van der Waals surface area contributed by atoms with Crippen molar-refractivity contribution in [2.24, 2.45) is 10.9 Å². The van der Waals surface area contributed by atoms with Crippen molar-refractivity contribution in [3.8, 4) is 0 Å². The number of nitrogens with zero attached hydrogens (tertiary/aromatic N) is 4. The lowest BCUT2D eigenvalue weighted by atomic mass is 10.1. The summed E-state index contributed by atoms with van der Waals surface area (Å²) in [5.41, 5.74) is 9.31. The van der Waals surface area contributed by atoms with Crippen molar-refractivity contribution in [1.29, 1.82) is 0 Å². The molecule has 2 rings (SSSR count). The summed E-state index contributed by atoms with van der Waals surface area (Å²) in [6.45, 7) is 8.91. The fourth-order valence-corrected chi connectivity index (χ4v) is 2.69. The molecule has 0 amide bonds. The van der Waals surface area contributed by atoms with Crippen molar-refractivity contribution in [3.05, 3.63) is 23.0 Å². The van der Waals surface area contributed by atoms with Gasteiger partial charge < -0.3 is 20.7 Å². The third-order valence-corrected chi connectivity index (χ3v) is 3.97. The fraction of sp³-hybridized carbons (Fsp3) is 0.571. The summed E-state index contributed by atoms with van der Waals surface area (Å²) in [6.07, 6.45) is 0. The molecule has 1 aliphatic heterocycles. The predicted octanol–water partition coefficient (Wildman–Crippen LogP) is 0.933. The maximum Gasteiger partial charge on any atom is 0.174 e. The first kappa shape index (κ1) is 14.6. The highest BCUT2D eigenvalue weighted by Crippen LogP contribution is 2.26. The van der Waals surface area contributed by atoms with Crippen molar-refractivity contribution in [2.75, 3.05) is 31.6 Å². The lowest BCUT2D eigenvalue weighted by molar-refractivity contribution is 0.234. The van der Waals surface area contributed by atoms with Gasteiger partial charge in [0, 0.05) is 31.4 Å². The minimum absolute atomic E-state index is 0.122. The van der Waals surface area contributed by atoms with Crippen LogP contribution < -0.4 is 10.6 Å². The summed E-state index contributed by atoms with van der Waals surface area (Å²) in [4.78, 5) is 9.05. The molecule has 20 heavy (non-hydrogen) atoms. The number of nitrogens with two attached hydrogens (primary N) is 1. The van der Waals surface area contributed by atoms with Gasteiger partial charge in [0.25, 0.3) is 0 Å². The number of likely N-dealkylation sites (N-methyl/N-ethyl adjacent to an activating group) is 1. The smallest absolute Gasteiger partial charge is 0.174 e. The Morgan fingerprint density at radius 3 is 2.75 bits per heavy atom. The molecule has 1 aromatic heterocycles. The zero-order valence-corrected chi connectivity index (χ0v) is 12.6. The fourth-order valence-electron chi connectivity index (χ4n) is 2.69. The standard InChI is InChI=1S/C14H23N5O/c1-9-7-12(13(11(3)16-9)14(15)17-20)19-6-5-18(4)10(2)8-19/h7,10,20H,5-6,8H2,1-4H3,(H2,15,17). The first-order valence-corrected chi connectivity index (χ1v) is 6.85. The van der Waals surface area contributed by atoms with Gasteiger partial charge in [0.15, 0.2) is 5.84 Å². The Morgan fingerprint density at radius 2 is 2.15 bits per heavy atom. The van der Waals surface area contributed by atoms with Gasteiger partial charge in [0.1, 0.15) is 0 Å². The number of hydrogen-bond donors (Lipinski definition) is 2. The number of hydrogen-bond acceptors (Lipinski definition) is 5. The average molecular weight is 277 g/mol. The van der Waals surface area contributed by atoms with Gasteiger partial charge in [-0.2, -0.15) is 0 Å². The third-order valence-electron chi connectivity index (χ3n) is 3.97. The predicted molar refractivity (Wildman–Crippen MR) is 80.5 cm³/mol. The molecule has 0 saturated carbocycles. The van der Waals surface area contributed by atoms with Gasteiger partial charge in [-0.05, 0) is 33.9 Å². The van der Waals surface area contributed by atoms with E-state index in [0.29, 0.717) is 6.04 Å². The SMILES string of the molecule is Cc1cc(N2CCN(C)C(C)C2)c(/C(N)=N/O)c(C)n1. The number of aryl methyl sites for hydroxylation is 2. The van der Waals surface area contributed by atoms with Crippen molar-refractivity contribution in [3.63, 3.8) is 0 Å². The quantitative estimate of drug-likeness (QED) is 0.364. The first-order chi connectivity index (χ1) is 9.43. The van der Waals surface area contributed by atoms with E-state index < -0.39 is 0 Å². The maximum absolute atomic E-state index is 9.01. The van der Waals surface area contributed by atoms with Crippen molar-refractivity contribution >= 4 is 11.5 Å². The monoisotopic (exact) mass is 277 g/mol. The highest BCUT2D eigenvalue weighted by Gasteiger charge is 2.24. The molecular weight excluding hydrogens is 254 g/mol. The zero-order valence-electron chi connectivity index (χ0n) is 12.6. The van der Waals surface area contributed by atoms with Gasteiger partial charge in [0.2, 0.25) is 0 Å². The van der Waals surface area contributed by atoms with Crippen LogP contribution in [0.15, 0.2) is 11.2 Å². The molecule has 6 nitrogen and oxygen atoms in total. The second kappa shape index (κ2) is 5.66. The molecule has 1 aromatic rings. The van der Waals surface area contributed by atoms with Crippen LogP contribution in [-0.4, -0.2) is 53.7 Å². The molecule has 1 aliphatic rings. The molecule has 2 heterocycles. The summed E-state index contributed by atoms with van der Waals surface area (Å²) >= 11 is 0. The molecule has 1 unspecified atom stereocenters. The van der Waals surface area contributed by atoms with Crippen LogP contribution in [-0.2, 0) is 0 Å². The van der Waals surface area contributed by atoms with Gasteiger partial charge >= 0.3 is 0 Å². The Bertz CT molecular complexity index is 529. The Morgan fingerprint density at radius 1 is 1.45 bits per heavy atom. The van der Waals surface area contributed by atoms with Crippen molar-refractivity contribution in [2.45, 2.75) is 26.8 Å². The Kier molecular flexibility index (Phi) is 4.13. The molecule has 1 saturated heterocycles. The first-order valence-electron chi connectivity index (χ1n) is 6.85. The van der Waals surface area contributed by atoms with Crippen LogP contribution in [0.5, 0.6) is 0 Å². The Hall–Kier alpha value is -1.82. The number of rotatable bonds is 2. The normalized spacial score (nSPS) is 21.3. The topological polar surface area (TPSA) is 78.0 Å². The lowest BCUT2D eigenvalue weighted by Gasteiger charge is -2.39. The molecule has 0 aliphatic carbocycles. The largest absolute Gasteiger partial charge is 0.409 e. The summed E-state index contributed by atoms with van der Waals surface area (Å²) in [7, 11) is 2.13. The third kappa shape index (κ3) is 2.70. The van der Waals surface area contributed by atoms with Crippen molar-refractivity contribution in [1.82, 2.24) is 9.88 Å². The minimum Gasteiger partial charge on any atom is -0.409 e. The maximum atomic E-state index is 9.01. The minimum atomic E-state index is 0.122. The molecule has 0 spiro atoms. The van der Waals surface area contributed by atoms with Crippen molar-refractivity contribution < 1.29 is 5.21 Å². The van der Waals surface area contributed by atoms with Crippen LogP contribution in [0.2, 0.25) is 0 Å². The van der Waals surface area contributed by atoms with Gasteiger partial charge in [-0.3, -0.25) is 4.98 Å². The molecule has 1 fully saturated rings. The molecule has 3 N–H and O–H groups in total. The molecule has 0 aromatic carbocycles. The second-order valence-corrected chi connectivity index (χ2v) is 5.50. The molecule has 110 valence electrons. The van der Waals surface area contributed by atoms with E-state index >= 15 is 0 Å². The van der Waals surface area contributed by atoms with Gasteiger partial charge in [-0.1, -0.05) is 5.16 Å². The van der Waals surface area contributed by atoms with Gasteiger partial charge in [-0.25, -0.2) is 0 Å². The average Bonchev–Trinajstić information content (AvgIpc) is 2.40. The van der Waals surface area contributed by atoms with E-state index in [9.17, 15) is 0 Å². The summed E-state index contributed by atoms with van der Waals surface area (Å²) in [5.74, 6) is 0.122. The van der Waals surface area contributed by atoms with Crippen LogP contribution in [0.3, 0.4) is 0 Å². The van der Waals surface area contributed by atoms with E-state index in [1.54, 1.807) is 0 Å². The lowest BCUT2D eigenvalue weighted by Crippen LogP contribution is -2.50.